The van der Waals surface area contributed by atoms with Gasteiger partial charge in [0.05, 0.1) is 12.2 Å². The van der Waals surface area contributed by atoms with E-state index in [1.54, 1.807) is 6.07 Å². The Kier molecular flexibility index (Phi) is 4.06. The molecule has 0 radical (unpaired) electrons. The molecular weight excluding hydrogens is 278 g/mol. The van der Waals surface area contributed by atoms with Gasteiger partial charge in [-0.1, -0.05) is 6.07 Å². The number of nitrogens with zero attached hydrogens (tertiary/aromatic N) is 1. The first kappa shape index (κ1) is 15.3. The summed E-state index contributed by atoms with van der Waals surface area (Å²) in [6.45, 7) is 10.8. The molecule has 1 aromatic heterocycles. The lowest BCUT2D eigenvalue weighted by molar-refractivity contribution is -0.0704. The van der Waals surface area contributed by atoms with E-state index in [9.17, 15) is 4.79 Å². The van der Waals surface area contributed by atoms with E-state index in [2.05, 4.69) is 31.7 Å². The summed E-state index contributed by atoms with van der Waals surface area (Å²) in [6.07, 6.45) is 0.442. The number of hydrogen-bond acceptors (Lipinski definition) is 4. The van der Waals surface area contributed by atoms with Crippen molar-refractivity contribution in [1.82, 2.24) is 4.90 Å². The molecule has 4 heteroatoms. The van der Waals surface area contributed by atoms with Crippen molar-refractivity contribution in [1.29, 1.82) is 0 Å². The third kappa shape index (κ3) is 3.08. The standard InChI is InChI=1S/C18H23NO3/c1-11-5-12(2)18-16(6-11)15(7-17(20)22-18)10-19-8-13(3)21-14(4)9-19/h5-7,13-14H,8-10H2,1-4H3. The highest BCUT2D eigenvalue weighted by atomic mass is 16.5. The minimum Gasteiger partial charge on any atom is -0.422 e. The third-order valence-corrected chi connectivity index (χ3v) is 4.15. The van der Waals surface area contributed by atoms with Crippen LogP contribution in [-0.2, 0) is 11.3 Å². The van der Waals surface area contributed by atoms with Crippen LogP contribution in [0, 0.1) is 13.8 Å². The number of aryl methyl sites for hydroxylation is 2. The molecule has 1 aliphatic heterocycles. The summed E-state index contributed by atoms with van der Waals surface area (Å²) in [4.78, 5) is 14.3. The summed E-state index contributed by atoms with van der Waals surface area (Å²) in [6, 6.07) is 5.79. The van der Waals surface area contributed by atoms with E-state index >= 15 is 0 Å². The van der Waals surface area contributed by atoms with Crippen molar-refractivity contribution < 1.29 is 9.15 Å². The van der Waals surface area contributed by atoms with Crippen molar-refractivity contribution in [2.75, 3.05) is 13.1 Å². The first-order valence-corrected chi connectivity index (χ1v) is 7.84. The van der Waals surface area contributed by atoms with Gasteiger partial charge in [0, 0.05) is 31.1 Å². The number of morpholine rings is 1. The van der Waals surface area contributed by atoms with Gasteiger partial charge in [-0.25, -0.2) is 4.79 Å². The van der Waals surface area contributed by atoms with Crippen molar-refractivity contribution in [3.05, 3.63) is 45.3 Å². The molecule has 0 saturated carbocycles. The van der Waals surface area contributed by atoms with Gasteiger partial charge in [-0.15, -0.1) is 0 Å². The van der Waals surface area contributed by atoms with Gasteiger partial charge in [0.15, 0.2) is 0 Å². The summed E-state index contributed by atoms with van der Waals surface area (Å²) in [5.41, 5.74) is 3.67. The fraction of sp³-hybridized carbons (Fsp3) is 0.500. The molecule has 1 saturated heterocycles. The molecule has 22 heavy (non-hydrogen) atoms. The molecule has 3 rings (SSSR count). The van der Waals surface area contributed by atoms with Crippen molar-refractivity contribution >= 4 is 11.0 Å². The van der Waals surface area contributed by atoms with Crippen LogP contribution in [0.4, 0.5) is 0 Å². The Bertz CT molecular complexity index is 740. The van der Waals surface area contributed by atoms with E-state index in [4.69, 9.17) is 9.15 Å². The molecule has 2 unspecified atom stereocenters. The zero-order chi connectivity index (χ0) is 15.9. The number of fused-ring (bicyclic) bond motifs is 1. The molecule has 0 spiro atoms. The van der Waals surface area contributed by atoms with Gasteiger partial charge >= 0.3 is 5.63 Å². The van der Waals surface area contributed by atoms with E-state index < -0.39 is 0 Å². The lowest BCUT2D eigenvalue weighted by Crippen LogP contribution is -2.44. The maximum atomic E-state index is 11.9. The van der Waals surface area contributed by atoms with Gasteiger partial charge < -0.3 is 9.15 Å². The molecule has 0 bridgehead atoms. The second kappa shape index (κ2) is 5.86. The average molecular weight is 301 g/mol. The third-order valence-electron chi connectivity index (χ3n) is 4.15. The number of ether oxygens (including phenoxy) is 1. The van der Waals surface area contributed by atoms with Crippen LogP contribution in [0.1, 0.15) is 30.5 Å². The number of rotatable bonds is 2. The summed E-state index contributed by atoms with van der Waals surface area (Å²) in [5, 5.41) is 1.05. The van der Waals surface area contributed by atoms with Crippen LogP contribution in [0.15, 0.2) is 27.4 Å². The van der Waals surface area contributed by atoms with E-state index in [-0.39, 0.29) is 17.8 Å². The van der Waals surface area contributed by atoms with Crippen molar-refractivity contribution in [3.8, 4) is 0 Å². The first-order chi connectivity index (χ1) is 10.4. The van der Waals surface area contributed by atoms with E-state index in [1.165, 1.54) is 5.56 Å². The average Bonchev–Trinajstić information content (AvgIpc) is 2.39. The Balaban J connectivity index is 2.01. The van der Waals surface area contributed by atoms with Gasteiger partial charge in [-0.2, -0.15) is 0 Å². The van der Waals surface area contributed by atoms with Crippen molar-refractivity contribution in [3.63, 3.8) is 0 Å². The molecule has 0 N–H and O–H groups in total. The molecule has 2 heterocycles. The fourth-order valence-corrected chi connectivity index (χ4v) is 3.46. The topological polar surface area (TPSA) is 42.7 Å². The highest BCUT2D eigenvalue weighted by Gasteiger charge is 2.23. The largest absolute Gasteiger partial charge is 0.422 e. The number of hydrogen-bond donors (Lipinski definition) is 0. The van der Waals surface area contributed by atoms with Crippen LogP contribution < -0.4 is 5.63 Å². The Morgan fingerprint density at radius 3 is 2.50 bits per heavy atom. The monoisotopic (exact) mass is 301 g/mol. The molecule has 2 aromatic rings. The molecule has 4 nitrogen and oxygen atoms in total. The zero-order valence-electron chi connectivity index (χ0n) is 13.7. The molecule has 118 valence electrons. The maximum absolute atomic E-state index is 11.9. The highest BCUT2D eigenvalue weighted by Crippen LogP contribution is 2.24. The zero-order valence-corrected chi connectivity index (χ0v) is 13.7. The Labute approximate surface area is 130 Å². The summed E-state index contributed by atoms with van der Waals surface area (Å²) < 4.78 is 11.2. The van der Waals surface area contributed by atoms with Crippen LogP contribution in [0.5, 0.6) is 0 Å². The van der Waals surface area contributed by atoms with Gasteiger partial charge in [0.2, 0.25) is 0 Å². The first-order valence-electron chi connectivity index (χ1n) is 7.84. The highest BCUT2D eigenvalue weighted by molar-refractivity contribution is 5.83. The number of benzene rings is 1. The molecular formula is C18H23NO3. The second-order valence-corrected chi connectivity index (χ2v) is 6.50. The Hall–Kier alpha value is -1.65. The van der Waals surface area contributed by atoms with Crippen LogP contribution in [0.3, 0.4) is 0 Å². The van der Waals surface area contributed by atoms with Crippen LogP contribution >= 0.6 is 0 Å². The predicted octanol–water partition coefficient (Wildman–Crippen LogP) is 3.02. The predicted molar refractivity (Wildman–Crippen MR) is 87.2 cm³/mol. The quantitative estimate of drug-likeness (QED) is 0.800. The van der Waals surface area contributed by atoms with Crippen molar-refractivity contribution in [2.45, 2.75) is 46.4 Å². The molecule has 1 aliphatic rings. The summed E-state index contributed by atoms with van der Waals surface area (Å²) in [7, 11) is 0. The Morgan fingerprint density at radius 2 is 1.82 bits per heavy atom. The van der Waals surface area contributed by atoms with Gasteiger partial charge in [0.25, 0.3) is 0 Å². The van der Waals surface area contributed by atoms with Crippen LogP contribution in [-0.4, -0.2) is 30.2 Å². The Morgan fingerprint density at radius 1 is 1.14 bits per heavy atom. The van der Waals surface area contributed by atoms with E-state index in [0.29, 0.717) is 5.58 Å². The van der Waals surface area contributed by atoms with Gasteiger partial charge in [-0.05, 0) is 50.5 Å². The SMILES string of the molecule is Cc1cc(C)c2oc(=O)cc(CN3CC(C)OC(C)C3)c2c1. The second-order valence-electron chi connectivity index (χ2n) is 6.50. The lowest BCUT2D eigenvalue weighted by Gasteiger charge is -2.35. The fourth-order valence-electron chi connectivity index (χ4n) is 3.46. The normalized spacial score (nSPS) is 23.1. The van der Waals surface area contributed by atoms with Gasteiger partial charge in [-0.3, -0.25) is 4.90 Å². The van der Waals surface area contributed by atoms with Crippen LogP contribution in [0.25, 0.3) is 11.0 Å². The molecule has 0 amide bonds. The van der Waals surface area contributed by atoms with Gasteiger partial charge in [0.1, 0.15) is 5.58 Å². The molecule has 0 aliphatic carbocycles. The van der Waals surface area contributed by atoms with Crippen LogP contribution in [0.2, 0.25) is 0 Å². The van der Waals surface area contributed by atoms with E-state index in [0.717, 1.165) is 36.1 Å². The van der Waals surface area contributed by atoms with E-state index in [1.807, 2.05) is 13.0 Å². The lowest BCUT2D eigenvalue weighted by atomic mass is 10.0. The maximum Gasteiger partial charge on any atom is 0.336 e. The van der Waals surface area contributed by atoms with Crippen molar-refractivity contribution in [2.24, 2.45) is 0 Å². The summed E-state index contributed by atoms with van der Waals surface area (Å²) in [5.74, 6) is 0. The minimum absolute atomic E-state index is 0.221. The smallest absolute Gasteiger partial charge is 0.336 e. The molecule has 1 aromatic carbocycles. The molecule has 1 fully saturated rings. The summed E-state index contributed by atoms with van der Waals surface area (Å²) >= 11 is 0. The minimum atomic E-state index is -0.274. The molecule has 2 atom stereocenters.